The Bertz CT molecular complexity index is 530. The third kappa shape index (κ3) is 8.49. The molecule has 0 aromatic rings. The van der Waals surface area contributed by atoms with E-state index in [0.717, 1.165) is 6.42 Å². The number of unbranched alkanes of at least 4 members (excludes halogenated alkanes) is 9. The van der Waals surface area contributed by atoms with Crippen LogP contribution in [0.3, 0.4) is 0 Å². The van der Waals surface area contributed by atoms with E-state index in [1.54, 1.807) is 21.3 Å². The van der Waals surface area contributed by atoms with Gasteiger partial charge in [-0.25, -0.2) is 0 Å². The number of allylic oxidation sites excluding steroid dienone is 4. The Morgan fingerprint density at radius 1 is 0.688 bits per heavy atom. The van der Waals surface area contributed by atoms with Crippen molar-refractivity contribution in [3.8, 4) is 0 Å². The van der Waals surface area contributed by atoms with E-state index < -0.39 is 24.9 Å². The van der Waals surface area contributed by atoms with Crippen LogP contribution < -0.4 is 0 Å². The van der Waals surface area contributed by atoms with Gasteiger partial charge in [-0.3, -0.25) is 0 Å². The van der Waals surface area contributed by atoms with Gasteiger partial charge in [0.15, 0.2) is 0 Å². The zero-order valence-electron chi connectivity index (χ0n) is 22.4. The number of hydrogen-bond donors (Lipinski definition) is 0. The molecule has 0 amide bonds. The molecule has 32 heavy (non-hydrogen) atoms. The van der Waals surface area contributed by atoms with Gasteiger partial charge < -0.3 is 0 Å². The van der Waals surface area contributed by atoms with Crippen LogP contribution in [0.5, 0.6) is 0 Å². The van der Waals surface area contributed by atoms with Crippen molar-refractivity contribution in [2.45, 2.75) is 126 Å². The molecule has 3 nitrogen and oxygen atoms in total. The SMILES string of the molecule is CCCCC[CH2][Pt]([CH2]CCCCC)([CH2]CCCCC)[C]1=C(C)C([Si](OC)(OC)OC)=CC1. The molecule has 0 aromatic carbocycles. The van der Waals surface area contributed by atoms with Gasteiger partial charge >= 0.3 is 206 Å². The second kappa shape index (κ2) is 16.8. The summed E-state index contributed by atoms with van der Waals surface area (Å²) in [7, 11) is 2.48. The van der Waals surface area contributed by atoms with Crippen LogP contribution in [0, 0.1) is 0 Å². The van der Waals surface area contributed by atoms with Gasteiger partial charge in [0, 0.05) is 0 Å². The third-order valence-corrected chi connectivity index (χ3v) is 22.6. The van der Waals surface area contributed by atoms with E-state index in [4.69, 9.17) is 13.3 Å². The van der Waals surface area contributed by atoms with Crippen LogP contribution in [0.15, 0.2) is 20.8 Å². The Morgan fingerprint density at radius 2 is 1.09 bits per heavy atom. The fourth-order valence-corrected chi connectivity index (χ4v) is 20.4. The first-order valence-electron chi connectivity index (χ1n) is 13.1. The van der Waals surface area contributed by atoms with Gasteiger partial charge in [-0.05, 0) is 0 Å². The van der Waals surface area contributed by atoms with E-state index in [1.807, 2.05) is 3.96 Å². The molecule has 0 saturated carbocycles. The van der Waals surface area contributed by atoms with E-state index >= 15 is 0 Å². The monoisotopic (exact) mass is 649 g/mol. The molecule has 0 bridgehead atoms. The summed E-state index contributed by atoms with van der Waals surface area (Å²) < 4.78 is 19.6. The molecule has 0 fully saturated rings. The first-order valence-corrected chi connectivity index (χ1v) is 20.8. The molecule has 194 valence electrons. The molecule has 1 aliphatic carbocycles. The minimum atomic E-state index is -2.77. The Kier molecular flexibility index (Phi) is 15.9. The second-order valence-corrected chi connectivity index (χ2v) is 22.4. The maximum atomic E-state index is 5.90. The average molecular weight is 650 g/mol. The molecule has 1 rings (SSSR count). The van der Waals surface area contributed by atoms with E-state index in [2.05, 4.69) is 33.8 Å². The molecule has 5 heteroatoms. The van der Waals surface area contributed by atoms with Crippen LogP contribution in [0.4, 0.5) is 0 Å². The zero-order valence-corrected chi connectivity index (χ0v) is 25.7. The van der Waals surface area contributed by atoms with E-state index in [-0.39, 0.29) is 0 Å². The molecule has 0 heterocycles. The van der Waals surface area contributed by atoms with Gasteiger partial charge in [0.2, 0.25) is 0 Å². The summed E-state index contributed by atoms with van der Waals surface area (Å²) in [5.41, 5.74) is 1.49. The Balaban J connectivity index is 3.26. The van der Waals surface area contributed by atoms with Crippen molar-refractivity contribution in [1.82, 2.24) is 0 Å². The Hall–Kier alpha value is 0.265. The first kappa shape index (κ1) is 30.3. The summed E-state index contributed by atoms with van der Waals surface area (Å²) in [5.74, 6) is 0. The van der Waals surface area contributed by atoms with Gasteiger partial charge in [-0.15, -0.1) is 0 Å². The van der Waals surface area contributed by atoms with Gasteiger partial charge in [0.05, 0.1) is 0 Å². The average Bonchev–Trinajstić information content (AvgIpc) is 3.21. The quantitative estimate of drug-likeness (QED) is 0.0973. The van der Waals surface area contributed by atoms with Crippen LogP contribution in [0.2, 0.25) is 14.4 Å². The predicted octanol–water partition coefficient (Wildman–Crippen LogP) is 9.16. The fraction of sp³-hybridized carbons (Fsp3) is 0.852. The topological polar surface area (TPSA) is 27.7 Å². The summed E-state index contributed by atoms with van der Waals surface area (Å²) in [6.45, 7) is 9.34. The van der Waals surface area contributed by atoms with Gasteiger partial charge in [0.25, 0.3) is 0 Å². The minimum absolute atomic E-state index is 1.12. The molecule has 0 spiro atoms. The molecule has 0 radical (unpaired) electrons. The molecular weight excluding hydrogens is 595 g/mol. The van der Waals surface area contributed by atoms with Gasteiger partial charge in [0.1, 0.15) is 0 Å². The molecule has 0 N–H and O–H groups in total. The van der Waals surface area contributed by atoms with Crippen LogP contribution in [-0.4, -0.2) is 30.1 Å². The molecule has 1 aliphatic rings. The van der Waals surface area contributed by atoms with Crippen molar-refractivity contribution in [2.75, 3.05) is 21.3 Å². The first-order chi connectivity index (χ1) is 15.5. The van der Waals surface area contributed by atoms with Crippen LogP contribution in [0.1, 0.15) is 111 Å². The maximum absolute atomic E-state index is 5.90. The fourth-order valence-electron chi connectivity index (χ4n) is 4.64. The number of hydrogen-bond acceptors (Lipinski definition) is 3. The van der Waals surface area contributed by atoms with Crippen LogP contribution in [0.25, 0.3) is 0 Å². The third-order valence-electron chi connectivity index (χ3n) is 6.61. The molecule has 0 unspecified atom stereocenters. The van der Waals surface area contributed by atoms with Crippen molar-refractivity contribution >= 4 is 8.80 Å². The summed E-state index contributed by atoms with van der Waals surface area (Å²) >= 11 is -2.11. The molecule has 0 atom stereocenters. The Morgan fingerprint density at radius 3 is 1.44 bits per heavy atom. The van der Waals surface area contributed by atoms with Crippen LogP contribution in [-0.2, 0) is 29.3 Å². The molecule has 0 aliphatic heterocycles. The second-order valence-electron chi connectivity index (χ2n) is 8.95. The molecule has 0 saturated heterocycles. The van der Waals surface area contributed by atoms with Crippen molar-refractivity contribution in [1.29, 1.82) is 0 Å². The van der Waals surface area contributed by atoms with Gasteiger partial charge in [-0.1, -0.05) is 0 Å². The van der Waals surface area contributed by atoms with E-state index in [0.29, 0.717) is 0 Å². The zero-order chi connectivity index (χ0) is 23.9. The summed E-state index contributed by atoms with van der Waals surface area (Å²) in [4.78, 5) is 4.54. The predicted molar refractivity (Wildman–Crippen MR) is 139 cm³/mol. The summed E-state index contributed by atoms with van der Waals surface area (Å²) in [5, 5.41) is 1.25. The Labute approximate surface area is 205 Å². The van der Waals surface area contributed by atoms with Gasteiger partial charge in [-0.2, -0.15) is 0 Å². The summed E-state index contributed by atoms with van der Waals surface area (Å²) in [6.07, 6.45) is 20.2. The number of rotatable bonds is 20. The van der Waals surface area contributed by atoms with Crippen molar-refractivity contribution in [2.24, 2.45) is 0 Å². The van der Waals surface area contributed by atoms with Crippen molar-refractivity contribution < 1.29 is 29.3 Å². The molecule has 0 aromatic heterocycles. The van der Waals surface area contributed by atoms with E-state index in [9.17, 15) is 0 Å². The summed E-state index contributed by atoms with van der Waals surface area (Å²) in [6, 6.07) is 0. The normalized spacial score (nSPS) is 15.5. The van der Waals surface area contributed by atoms with E-state index in [1.165, 1.54) is 102 Å². The molecular formula is C27H54O3PtSi. The van der Waals surface area contributed by atoms with Crippen molar-refractivity contribution in [3.63, 3.8) is 0 Å². The van der Waals surface area contributed by atoms with Crippen molar-refractivity contribution in [3.05, 3.63) is 20.8 Å². The standard InChI is InChI=1S/C9H15O3Si.3C6H13.Pt/c1-8-6-5-7-9(8)13(10-2,11-3)12-4;3*1-3-5-6-4-2;/h7H,5H2,1-4H3;3*1,3-6H2,2H3;. The van der Waals surface area contributed by atoms with Crippen LogP contribution >= 0.6 is 0 Å².